The van der Waals surface area contributed by atoms with Gasteiger partial charge in [0.2, 0.25) is 0 Å². The highest BCUT2D eigenvalue weighted by atomic mass is 16.3. The highest BCUT2D eigenvalue weighted by molar-refractivity contribution is 5.67. The molecule has 2 aromatic heterocycles. The number of aliphatic hydroxyl groups is 1. The highest BCUT2D eigenvalue weighted by Crippen LogP contribution is 2.25. The predicted octanol–water partition coefficient (Wildman–Crippen LogP) is 2.51. The Morgan fingerprint density at radius 2 is 1.84 bits per heavy atom. The van der Waals surface area contributed by atoms with Crippen LogP contribution in [0.2, 0.25) is 0 Å². The van der Waals surface area contributed by atoms with Crippen molar-refractivity contribution in [3.63, 3.8) is 0 Å². The van der Waals surface area contributed by atoms with Gasteiger partial charge in [-0.2, -0.15) is 5.10 Å². The summed E-state index contributed by atoms with van der Waals surface area (Å²) < 4.78 is 1.86. The second-order valence-electron chi connectivity index (χ2n) is 4.63. The third-order valence-corrected chi connectivity index (χ3v) is 3.42. The summed E-state index contributed by atoms with van der Waals surface area (Å²) in [5.41, 5.74) is 6.02. The van der Waals surface area contributed by atoms with Gasteiger partial charge in [-0.1, -0.05) is 24.3 Å². The summed E-state index contributed by atoms with van der Waals surface area (Å²) in [6.45, 7) is 4.12. The van der Waals surface area contributed by atoms with Gasteiger partial charge in [0.25, 0.3) is 0 Å². The molecule has 2 heterocycles. The fourth-order valence-electron chi connectivity index (χ4n) is 2.25. The van der Waals surface area contributed by atoms with Crippen LogP contribution in [0.1, 0.15) is 16.8 Å². The Balaban J connectivity index is 2.27. The molecule has 0 unspecified atom stereocenters. The van der Waals surface area contributed by atoms with Gasteiger partial charge in [0, 0.05) is 17.3 Å². The summed E-state index contributed by atoms with van der Waals surface area (Å²) in [7, 11) is 0. The lowest BCUT2D eigenvalue weighted by Crippen LogP contribution is -2.02. The monoisotopic (exact) mass is 253 g/mol. The number of hydrogen-bond donors (Lipinski definition) is 1. The summed E-state index contributed by atoms with van der Waals surface area (Å²) in [5, 5.41) is 13.5. The van der Waals surface area contributed by atoms with Crippen molar-refractivity contribution in [3.05, 3.63) is 53.3 Å². The molecule has 3 rings (SSSR count). The molecule has 4 nitrogen and oxygen atoms in total. The molecule has 1 aromatic carbocycles. The van der Waals surface area contributed by atoms with Crippen LogP contribution in [0.15, 0.2) is 36.5 Å². The summed E-state index contributed by atoms with van der Waals surface area (Å²) in [6, 6.07) is 9.78. The highest BCUT2D eigenvalue weighted by Gasteiger charge is 2.11. The summed E-state index contributed by atoms with van der Waals surface area (Å²) in [4.78, 5) is 4.52. The molecule has 0 fully saturated rings. The maximum Gasteiger partial charge on any atom is 0.155 e. The molecule has 0 aliphatic rings. The van der Waals surface area contributed by atoms with Crippen LogP contribution in [0.5, 0.6) is 0 Å². The van der Waals surface area contributed by atoms with Gasteiger partial charge in [0.15, 0.2) is 5.65 Å². The number of nitrogens with zero attached hydrogens (tertiary/aromatic N) is 3. The molecule has 3 aromatic rings. The fourth-order valence-corrected chi connectivity index (χ4v) is 2.25. The van der Waals surface area contributed by atoms with Crippen molar-refractivity contribution in [3.8, 4) is 11.3 Å². The van der Waals surface area contributed by atoms with Gasteiger partial charge in [-0.3, -0.25) is 0 Å². The van der Waals surface area contributed by atoms with Gasteiger partial charge >= 0.3 is 0 Å². The van der Waals surface area contributed by atoms with Crippen molar-refractivity contribution < 1.29 is 5.11 Å². The topological polar surface area (TPSA) is 50.4 Å². The first-order valence-corrected chi connectivity index (χ1v) is 6.22. The number of hydrogen-bond acceptors (Lipinski definition) is 3. The number of rotatable bonds is 2. The fraction of sp³-hybridized carbons (Fsp3) is 0.200. The summed E-state index contributed by atoms with van der Waals surface area (Å²) in [6.07, 6.45) is 1.76. The Kier molecular flexibility index (Phi) is 2.80. The second-order valence-corrected chi connectivity index (χ2v) is 4.63. The first kappa shape index (κ1) is 11.9. The van der Waals surface area contributed by atoms with E-state index in [0.717, 1.165) is 33.7 Å². The Morgan fingerprint density at radius 1 is 1.11 bits per heavy atom. The molecule has 0 aliphatic carbocycles. The third-order valence-electron chi connectivity index (χ3n) is 3.42. The first-order chi connectivity index (χ1) is 9.20. The van der Waals surface area contributed by atoms with Crippen molar-refractivity contribution >= 4 is 5.65 Å². The Morgan fingerprint density at radius 3 is 2.53 bits per heavy atom. The van der Waals surface area contributed by atoms with E-state index >= 15 is 0 Å². The summed E-state index contributed by atoms with van der Waals surface area (Å²) >= 11 is 0. The lowest BCUT2D eigenvalue weighted by Gasteiger charge is -2.11. The minimum Gasteiger partial charge on any atom is -0.392 e. The number of aryl methyl sites for hydroxylation is 1. The zero-order valence-corrected chi connectivity index (χ0v) is 11.0. The standard InChI is InChI=1S/C15H15N3O/c1-10-11(2)17-14-7-8-16-18(14)15(10)13-5-3-12(9-19)4-6-13/h3-8,19H,9H2,1-2H3. The first-order valence-electron chi connectivity index (χ1n) is 6.22. The molecule has 0 amide bonds. The molecular formula is C15H15N3O. The van der Waals surface area contributed by atoms with Gasteiger partial charge in [-0.05, 0) is 25.0 Å². The summed E-state index contributed by atoms with van der Waals surface area (Å²) in [5.74, 6) is 0. The molecule has 1 N–H and O–H groups in total. The number of aromatic nitrogens is 3. The quantitative estimate of drug-likeness (QED) is 0.763. The van der Waals surface area contributed by atoms with E-state index < -0.39 is 0 Å². The molecule has 4 heteroatoms. The molecular weight excluding hydrogens is 238 g/mol. The van der Waals surface area contributed by atoms with Gasteiger partial charge in [-0.15, -0.1) is 0 Å². The van der Waals surface area contributed by atoms with Gasteiger partial charge in [0.05, 0.1) is 18.5 Å². The van der Waals surface area contributed by atoms with Crippen LogP contribution in [0, 0.1) is 13.8 Å². The van der Waals surface area contributed by atoms with Gasteiger partial charge in [-0.25, -0.2) is 9.50 Å². The lowest BCUT2D eigenvalue weighted by molar-refractivity contribution is 0.282. The van der Waals surface area contributed by atoms with Crippen molar-refractivity contribution in [2.24, 2.45) is 0 Å². The van der Waals surface area contributed by atoms with Crippen molar-refractivity contribution in [1.29, 1.82) is 0 Å². The van der Waals surface area contributed by atoms with Crippen LogP contribution in [-0.4, -0.2) is 19.7 Å². The van der Waals surface area contributed by atoms with Crippen LogP contribution >= 0.6 is 0 Å². The van der Waals surface area contributed by atoms with E-state index in [0.29, 0.717) is 0 Å². The average molecular weight is 253 g/mol. The molecule has 19 heavy (non-hydrogen) atoms. The normalized spacial score (nSPS) is 11.1. The molecule has 0 saturated carbocycles. The second kappa shape index (κ2) is 4.48. The van der Waals surface area contributed by atoms with Gasteiger partial charge in [0.1, 0.15) is 0 Å². The van der Waals surface area contributed by atoms with E-state index in [9.17, 15) is 0 Å². The molecule has 96 valence electrons. The average Bonchev–Trinajstić information content (AvgIpc) is 2.88. The van der Waals surface area contributed by atoms with Crippen LogP contribution in [-0.2, 0) is 6.61 Å². The van der Waals surface area contributed by atoms with E-state index in [1.165, 1.54) is 0 Å². The smallest absolute Gasteiger partial charge is 0.155 e. The Hall–Kier alpha value is -2.20. The minimum atomic E-state index is 0.0613. The van der Waals surface area contributed by atoms with E-state index in [4.69, 9.17) is 5.11 Å². The molecule has 0 radical (unpaired) electrons. The van der Waals surface area contributed by atoms with E-state index in [1.54, 1.807) is 6.20 Å². The molecule has 0 aliphatic heterocycles. The molecule has 0 spiro atoms. The van der Waals surface area contributed by atoms with Crippen LogP contribution in [0.3, 0.4) is 0 Å². The van der Waals surface area contributed by atoms with Gasteiger partial charge < -0.3 is 5.11 Å². The largest absolute Gasteiger partial charge is 0.392 e. The van der Waals surface area contributed by atoms with E-state index in [-0.39, 0.29) is 6.61 Å². The maximum atomic E-state index is 9.11. The van der Waals surface area contributed by atoms with E-state index in [1.807, 2.05) is 41.8 Å². The third kappa shape index (κ3) is 1.90. The van der Waals surface area contributed by atoms with E-state index in [2.05, 4.69) is 17.0 Å². The van der Waals surface area contributed by atoms with Crippen LogP contribution in [0.4, 0.5) is 0 Å². The van der Waals surface area contributed by atoms with Crippen molar-refractivity contribution in [2.45, 2.75) is 20.5 Å². The van der Waals surface area contributed by atoms with Crippen molar-refractivity contribution in [1.82, 2.24) is 14.6 Å². The predicted molar refractivity (Wildman–Crippen MR) is 73.8 cm³/mol. The molecule has 0 atom stereocenters. The molecule has 0 saturated heterocycles. The zero-order valence-electron chi connectivity index (χ0n) is 11.0. The number of fused-ring (bicyclic) bond motifs is 1. The maximum absolute atomic E-state index is 9.11. The SMILES string of the molecule is Cc1nc2ccnn2c(-c2ccc(CO)cc2)c1C. The minimum absolute atomic E-state index is 0.0613. The van der Waals surface area contributed by atoms with Crippen LogP contribution < -0.4 is 0 Å². The Bertz CT molecular complexity index is 729. The lowest BCUT2D eigenvalue weighted by atomic mass is 10.0. The number of aliphatic hydroxyl groups excluding tert-OH is 1. The molecule has 0 bridgehead atoms. The van der Waals surface area contributed by atoms with Crippen LogP contribution in [0.25, 0.3) is 16.9 Å². The van der Waals surface area contributed by atoms with Crippen molar-refractivity contribution in [2.75, 3.05) is 0 Å². The Labute approximate surface area is 111 Å². The zero-order chi connectivity index (χ0) is 13.4. The number of benzene rings is 1.